The van der Waals surface area contributed by atoms with Crippen LogP contribution in [0.3, 0.4) is 0 Å². The average Bonchev–Trinajstić information content (AvgIpc) is 3.35. The molecule has 1 aliphatic heterocycles. The van der Waals surface area contributed by atoms with Gasteiger partial charge in [-0.05, 0) is 49.2 Å². The lowest BCUT2D eigenvalue weighted by Gasteiger charge is -2.32. The minimum atomic E-state index is -0.273. The first-order chi connectivity index (χ1) is 15.1. The first kappa shape index (κ1) is 20.4. The molecule has 2 N–H and O–H groups in total. The Morgan fingerprint density at radius 2 is 1.55 bits per heavy atom. The lowest BCUT2D eigenvalue weighted by molar-refractivity contribution is 0.0667. The van der Waals surface area contributed by atoms with Crippen molar-refractivity contribution in [2.24, 2.45) is 0 Å². The van der Waals surface area contributed by atoms with E-state index < -0.39 is 0 Å². The summed E-state index contributed by atoms with van der Waals surface area (Å²) in [7, 11) is 0. The van der Waals surface area contributed by atoms with Gasteiger partial charge in [0.1, 0.15) is 0 Å². The molecule has 2 aromatic carbocycles. The van der Waals surface area contributed by atoms with E-state index in [0.29, 0.717) is 48.5 Å². The van der Waals surface area contributed by atoms with Gasteiger partial charge >= 0.3 is 0 Å². The normalized spacial score (nSPS) is 14.1. The molecule has 0 bridgehead atoms. The van der Waals surface area contributed by atoms with E-state index in [9.17, 15) is 14.4 Å². The zero-order valence-electron chi connectivity index (χ0n) is 16.9. The molecule has 7 nitrogen and oxygen atoms in total. The van der Waals surface area contributed by atoms with Gasteiger partial charge in [0.25, 0.3) is 17.7 Å². The van der Waals surface area contributed by atoms with Crippen LogP contribution in [-0.2, 0) is 0 Å². The number of nitrogens with one attached hydrogen (secondary N) is 2. The van der Waals surface area contributed by atoms with Crippen LogP contribution < -0.4 is 10.6 Å². The molecule has 1 saturated heterocycles. The van der Waals surface area contributed by atoms with Gasteiger partial charge in [0.05, 0.1) is 17.5 Å². The van der Waals surface area contributed by atoms with Crippen LogP contribution in [0.4, 0.5) is 5.69 Å². The second-order valence-electron chi connectivity index (χ2n) is 7.38. The van der Waals surface area contributed by atoms with Crippen molar-refractivity contribution < 1.29 is 18.8 Å². The van der Waals surface area contributed by atoms with Crippen LogP contribution in [0.1, 0.15) is 44.1 Å². The van der Waals surface area contributed by atoms with Crippen molar-refractivity contribution in [3.8, 4) is 0 Å². The number of likely N-dealkylation sites (tertiary alicyclic amines) is 1. The maximum atomic E-state index is 12.9. The fraction of sp³-hybridized carbons (Fsp3) is 0.208. The van der Waals surface area contributed by atoms with E-state index in [2.05, 4.69) is 10.6 Å². The Hall–Kier alpha value is -3.87. The highest BCUT2D eigenvalue weighted by molar-refractivity contribution is 6.09. The van der Waals surface area contributed by atoms with Gasteiger partial charge in [-0.15, -0.1) is 0 Å². The molecule has 1 aromatic heterocycles. The number of piperidine rings is 1. The first-order valence-corrected chi connectivity index (χ1v) is 10.2. The van der Waals surface area contributed by atoms with E-state index in [-0.39, 0.29) is 23.8 Å². The SMILES string of the molecule is O=C(Nc1ccccc1C(=O)NC1CCN(C(=O)c2ccco2)CC1)c1ccccc1. The van der Waals surface area contributed by atoms with Gasteiger partial charge in [-0.3, -0.25) is 14.4 Å². The number of carbonyl (C=O) groups is 3. The van der Waals surface area contributed by atoms with Crippen LogP contribution in [0.25, 0.3) is 0 Å². The smallest absolute Gasteiger partial charge is 0.289 e. The van der Waals surface area contributed by atoms with E-state index in [1.807, 2.05) is 6.07 Å². The molecule has 3 aromatic rings. The summed E-state index contributed by atoms with van der Waals surface area (Å²) in [6, 6.07) is 19.1. The molecule has 31 heavy (non-hydrogen) atoms. The van der Waals surface area contributed by atoms with E-state index in [1.54, 1.807) is 65.6 Å². The fourth-order valence-electron chi connectivity index (χ4n) is 3.62. The van der Waals surface area contributed by atoms with Gasteiger partial charge in [0.2, 0.25) is 0 Å². The molecular formula is C24H23N3O4. The molecule has 0 aliphatic carbocycles. The third-order valence-electron chi connectivity index (χ3n) is 5.31. The number of furan rings is 1. The molecule has 0 saturated carbocycles. The van der Waals surface area contributed by atoms with Crippen LogP contribution in [0.2, 0.25) is 0 Å². The Bertz CT molecular complexity index is 1060. The fourth-order valence-corrected chi connectivity index (χ4v) is 3.62. The molecule has 4 rings (SSSR count). The third kappa shape index (κ3) is 4.83. The highest BCUT2D eigenvalue weighted by Crippen LogP contribution is 2.19. The summed E-state index contributed by atoms with van der Waals surface area (Å²) in [6.07, 6.45) is 2.78. The van der Waals surface area contributed by atoms with Crippen LogP contribution >= 0.6 is 0 Å². The van der Waals surface area contributed by atoms with Gasteiger partial charge in [0.15, 0.2) is 5.76 Å². The van der Waals surface area contributed by atoms with Gasteiger partial charge in [-0.2, -0.15) is 0 Å². The van der Waals surface area contributed by atoms with Crippen molar-refractivity contribution in [2.45, 2.75) is 18.9 Å². The maximum absolute atomic E-state index is 12.9. The molecule has 7 heteroatoms. The summed E-state index contributed by atoms with van der Waals surface area (Å²) >= 11 is 0. The Balaban J connectivity index is 1.36. The monoisotopic (exact) mass is 417 g/mol. The van der Waals surface area contributed by atoms with Gasteiger partial charge in [-0.25, -0.2) is 0 Å². The predicted octanol–water partition coefficient (Wildman–Crippen LogP) is 3.57. The van der Waals surface area contributed by atoms with E-state index in [0.717, 1.165) is 0 Å². The quantitative estimate of drug-likeness (QED) is 0.664. The van der Waals surface area contributed by atoms with Crippen LogP contribution in [0, 0.1) is 0 Å². The largest absolute Gasteiger partial charge is 0.459 e. The summed E-state index contributed by atoms with van der Waals surface area (Å²) in [5.74, 6) is -0.334. The molecule has 2 heterocycles. The highest BCUT2D eigenvalue weighted by atomic mass is 16.3. The predicted molar refractivity (Wildman–Crippen MR) is 116 cm³/mol. The van der Waals surface area contributed by atoms with Crippen LogP contribution in [-0.4, -0.2) is 41.8 Å². The van der Waals surface area contributed by atoms with Crippen molar-refractivity contribution in [1.82, 2.24) is 10.2 Å². The number of amides is 3. The number of carbonyl (C=O) groups excluding carboxylic acids is 3. The summed E-state index contributed by atoms with van der Waals surface area (Å²) in [5.41, 5.74) is 1.38. The average molecular weight is 417 g/mol. The summed E-state index contributed by atoms with van der Waals surface area (Å²) < 4.78 is 5.18. The molecule has 0 atom stereocenters. The Kier molecular flexibility index (Phi) is 6.12. The number of rotatable bonds is 5. The maximum Gasteiger partial charge on any atom is 0.289 e. The van der Waals surface area contributed by atoms with Gasteiger partial charge in [-0.1, -0.05) is 30.3 Å². The van der Waals surface area contributed by atoms with Gasteiger partial charge < -0.3 is 20.0 Å². The minimum Gasteiger partial charge on any atom is -0.459 e. The first-order valence-electron chi connectivity index (χ1n) is 10.2. The molecule has 3 amide bonds. The number of para-hydroxylation sites is 1. The molecular weight excluding hydrogens is 394 g/mol. The zero-order valence-corrected chi connectivity index (χ0v) is 16.9. The second kappa shape index (κ2) is 9.30. The Morgan fingerprint density at radius 1 is 0.839 bits per heavy atom. The van der Waals surface area contributed by atoms with Crippen LogP contribution in [0.15, 0.2) is 77.4 Å². The molecule has 158 valence electrons. The number of hydrogen-bond acceptors (Lipinski definition) is 4. The number of benzene rings is 2. The van der Waals surface area contributed by atoms with E-state index >= 15 is 0 Å². The topological polar surface area (TPSA) is 91.7 Å². The molecule has 0 spiro atoms. The lowest BCUT2D eigenvalue weighted by Crippen LogP contribution is -2.46. The van der Waals surface area contributed by atoms with Crippen molar-refractivity contribution in [2.75, 3.05) is 18.4 Å². The Labute approximate surface area is 180 Å². The van der Waals surface area contributed by atoms with Crippen molar-refractivity contribution in [3.05, 3.63) is 89.9 Å². The number of hydrogen-bond donors (Lipinski definition) is 2. The minimum absolute atomic E-state index is 0.0500. The van der Waals surface area contributed by atoms with Crippen molar-refractivity contribution in [1.29, 1.82) is 0 Å². The zero-order chi connectivity index (χ0) is 21.6. The number of anilines is 1. The Morgan fingerprint density at radius 3 is 2.26 bits per heavy atom. The molecule has 1 aliphatic rings. The van der Waals surface area contributed by atoms with E-state index in [4.69, 9.17) is 4.42 Å². The summed E-state index contributed by atoms with van der Waals surface area (Å²) in [5, 5.41) is 5.85. The highest BCUT2D eigenvalue weighted by Gasteiger charge is 2.26. The molecule has 0 radical (unpaired) electrons. The van der Waals surface area contributed by atoms with Crippen LogP contribution in [0.5, 0.6) is 0 Å². The standard InChI is InChI=1S/C24H23N3O4/c28-22(17-7-2-1-3-8-17)26-20-10-5-4-9-19(20)23(29)25-18-12-14-27(15-13-18)24(30)21-11-6-16-31-21/h1-11,16,18H,12-15H2,(H,25,29)(H,26,28). The van der Waals surface area contributed by atoms with Crippen molar-refractivity contribution >= 4 is 23.4 Å². The third-order valence-corrected chi connectivity index (χ3v) is 5.31. The summed E-state index contributed by atoms with van der Waals surface area (Å²) in [6.45, 7) is 1.08. The lowest BCUT2D eigenvalue weighted by atomic mass is 10.0. The van der Waals surface area contributed by atoms with Crippen molar-refractivity contribution in [3.63, 3.8) is 0 Å². The molecule has 0 unspecified atom stereocenters. The second-order valence-corrected chi connectivity index (χ2v) is 7.38. The van der Waals surface area contributed by atoms with E-state index in [1.165, 1.54) is 6.26 Å². The molecule has 1 fully saturated rings. The number of nitrogens with zero attached hydrogens (tertiary/aromatic N) is 1. The summed E-state index contributed by atoms with van der Waals surface area (Å²) in [4.78, 5) is 39.5. The van der Waals surface area contributed by atoms with Gasteiger partial charge in [0, 0.05) is 24.7 Å².